The molecule has 0 radical (unpaired) electrons. The molecule has 164 valence electrons. The van der Waals surface area contributed by atoms with Gasteiger partial charge in [-0.25, -0.2) is 0 Å². The Hall–Kier alpha value is -3.05. The fourth-order valence-electron chi connectivity index (χ4n) is 4.06. The fraction of sp³-hybridized carbons (Fsp3) is 0.222. The lowest BCUT2D eigenvalue weighted by Crippen LogP contribution is -2.25. The molecular formula is C27H27BrN2O2. The third kappa shape index (κ3) is 4.73. The van der Waals surface area contributed by atoms with E-state index in [1.54, 1.807) is 7.11 Å². The van der Waals surface area contributed by atoms with Crippen LogP contribution in [0.1, 0.15) is 32.7 Å². The molecule has 1 aromatic heterocycles. The second-order valence-corrected chi connectivity index (χ2v) is 8.95. The molecule has 32 heavy (non-hydrogen) atoms. The Morgan fingerprint density at radius 1 is 1.00 bits per heavy atom. The second-order valence-electron chi connectivity index (χ2n) is 8.03. The number of carbonyl (C=O) groups is 1. The molecule has 0 saturated carbocycles. The third-order valence-electron chi connectivity index (χ3n) is 5.89. The minimum atomic E-state index is -0.0427. The predicted octanol–water partition coefficient (Wildman–Crippen LogP) is 6.05. The average Bonchev–Trinajstić information content (AvgIpc) is 3.06. The summed E-state index contributed by atoms with van der Waals surface area (Å²) in [6.07, 6.45) is 0.750. The number of carbonyl (C=O) groups excluding carboxylic acids is 1. The summed E-state index contributed by atoms with van der Waals surface area (Å²) >= 11 is 3.51. The fourth-order valence-corrected chi connectivity index (χ4v) is 4.32. The van der Waals surface area contributed by atoms with Gasteiger partial charge in [-0.3, -0.25) is 4.79 Å². The van der Waals surface area contributed by atoms with Gasteiger partial charge in [0.05, 0.1) is 7.11 Å². The van der Waals surface area contributed by atoms with Crippen molar-refractivity contribution in [3.8, 4) is 5.75 Å². The smallest absolute Gasteiger partial charge is 0.251 e. The van der Waals surface area contributed by atoms with Gasteiger partial charge in [0.15, 0.2) is 0 Å². The molecule has 0 spiro atoms. The monoisotopic (exact) mass is 490 g/mol. The van der Waals surface area contributed by atoms with E-state index in [0.29, 0.717) is 12.1 Å². The number of aromatic nitrogens is 1. The van der Waals surface area contributed by atoms with Crippen LogP contribution in [0.25, 0.3) is 10.9 Å². The number of fused-ring (bicyclic) bond motifs is 1. The SMILES string of the molecule is COc1ccc2c(c1)c(CCNC(=O)c1ccc(C)cc1)c(C)n2Cc1ccc(Br)cc1. The quantitative estimate of drug-likeness (QED) is 0.342. The molecule has 4 rings (SSSR count). The number of rotatable bonds is 7. The summed E-state index contributed by atoms with van der Waals surface area (Å²) in [7, 11) is 1.69. The Labute approximate surface area is 197 Å². The van der Waals surface area contributed by atoms with E-state index in [4.69, 9.17) is 4.74 Å². The first-order valence-corrected chi connectivity index (χ1v) is 11.5. The Morgan fingerprint density at radius 2 is 1.72 bits per heavy atom. The van der Waals surface area contributed by atoms with Gasteiger partial charge in [-0.2, -0.15) is 0 Å². The van der Waals surface area contributed by atoms with Gasteiger partial charge in [0.2, 0.25) is 0 Å². The highest BCUT2D eigenvalue weighted by Gasteiger charge is 2.16. The summed E-state index contributed by atoms with van der Waals surface area (Å²) in [5.74, 6) is 0.794. The molecule has 0 aliphatic heterocycles. The van der Waals surface area contributed by atoms with Crippen LogP contribution in [0, 0.1) is 13.8 Å². The van der Waals surface area contributed by atoms with E-state index in [1.807, 2.05) is 37.3 Å². The van der Waals surface area contributed by atoms with Crippen molar-refractivity contribution in [3.05, 3.63) is 99.2 Å². The van der Waals surface area contributed by atoms with E-state index in [2.05, 4.69) is 69.1 Å². The first kappa shape index (κ1) is 22.2. The van der Waals surface area contributed by atoms with Crippen molar-refractivity contribution in [2.45, 2.75) is 26.8 Å². The number of hydrogen-bond acceptors (Lipinski definition) is 2. The zero-order valence-corrected chi connectivity index (χ0v) is 20.2. The molecule has 0 unspecified atom stereocenters. The van der Waals surface area contributed by atoms with Crippen LogP contribution in [-0.2, 0) is 13.0 Å². The van der Waals surface area contributed by atoms with Crippen molar-refractivity contribution in [3.63, 3.8) is 0 Å². The van der Waals surface area contributed by atoms with Crippen LogP contribution < -0.4 is 10.1 Å². The van der Waals surface area contributed by atoms with Gasteiger partial charge >= 0.3 is 0 Å². The van der Waals surface area contributed by atoms with Crippen molar-refractivity contribution in [1.29, 1.82) is 0 Å². The molecule has 0 atom stereocenters. The van der Waals surface area contributed by atoms with Gasteiger partial charge < -0.3 is 14.6 Å². The summed E-state index contributed by atoms with van der Waals surface area (Å²) in [4.78, 5) is 12.5. The molecule has 4 aromatic rings. The lowest BCUT2D eigenvalue weighted by molar-refractivity contribution is 0.0954. The zero-order valence-electron chi connectivity index (χ0n) is 18.6. The molecule has 1 amide bonds. The van der Waals surface area contributed by atoms with Crippen LogP contribution in [0.2, 0.25) is 0 Å². The highest BCUT2D eigenvalue weighted by Crippen LogP contribution is 2.30. The summed E-state index contributed by atoms with van der Waals surface area (Å²) in [6.45, 7) is 5.53. The normalized spacial score (nSPS) is 11.0. The van der Waals surface area contributed by atoms with Crippen LogP contribution in [0.15, 0.2) is 71.2 Å². The summed E-state index contributed by atoms with van der Waals surface area (Å²) in [5.41, 5.74) is 6.69. The molecule has 3 aromatic carbocycles. The molecule has 0 bridgehead atoms. The van der Waals surface area contributed by atoms with Gasteiger partial charge in [-0.1, -0.05) is 45.8 Å². The van der Waals surface area contributed by atoms with Gasteiger partial charge in [0.25, 0.3) is 5.91 Å². The first-order chi connectivity index (χ1) is 15.5. The van der Waals surface area contributed by atoms with Crippen LogP contribution >= 0.6 is 15.9 Å². The summed E-state index contributed by atoms with van der Waals surface area (Å²) in [5, 5.41) is 4.24. The van der Waals surface area contributed by atoms with Crippen LogP contribution in [0.4, 0.5) is 0 Å². The highest BCUT2D eigenvalue weighted by atomic mass is 79.9. The molecule has 1 N–H and O–H groups in total. The molecule has 5 heteroatoms. The molecule has 0 saturated heterocycles. The van der Waals surface area contributed by atoms with Crippen LogP contribution in [0.5, 0.6) is 5.75 Å². The third-order valence-corrected chi connectivity index (χ3v) is 6.42. The van der Waals surface area contributed by atoms with E-state index in [-0.39, 0.29) is 5.91 Å². The van der Waals surface area contributed by atoms with E-state index >= 15 is 0 Å². The number of nitrogens with zero attached hydrogens (tertiary/aromatic N) is 1. The minimum absolute atomic E-state index is 0.0427. The molecular weight excluding hydrogens is 464 g/mol. The molecule has 4 nitrogen and oxygen atoms in total. The van der Waals surface area contributed by atoms with Crippen LogP contribution in [-0.4, -0.2) is 24.1 Å². The van der Waals surface area contributed by atoms with Gasteiger partial charge in [0.1, 0.15) is 5.75 Å². The Morgan fingerprint density at radius 3 is 2.41 bits per heavy atom. The van der Waals surface area contributed by atoms with Crippen molar-refractivity contribution < 1.29 is 9.53 Å². The van der Waals surface area contributed by atoms with E-state index in [9.17, 15) is 4.79 Å². The van der Waals surface area contributed by atoms with Gasteiger partial charge in [-0.05, 0) is 73.9 Å². The number of ether oxygens (including phenoxy) is 1. The standard InChI is InChI=1S/C27H27BrN2O2/c1-18-4-8-21(9-5-18)27(31)29-15-14-24-19(2)30(17-20-6-10-22(28)11-7-20)26-13-12-23(32-3)16-25(24)26/h4-13,16H,14-15,17H2,1-3H3,(H,29,31). The average molecular weight is 491 g/mol. The number of benzene rings is 3. The van der Waals surface area contributed by atoms with Crippen molar-refractivity contribution >= 4 is 32.7 Å². The Balaban J connectivity index is 1.59. The maximum absolute atomic E-state index is 12.5. The lowest BCUT2D eigenvalue weighted by atomic mass is 10.1. The van der Waals surface area contributed by atoms with Gasteiger partial charge in [0, 0.05) is 39.7 Å². The van der Waals surface area contributed by atoms with Crippen molar-refractivity contribution in [1.82, 2.24) is 9.88 Å². The maximum Gasteiger partial charge on any atom is 0.251 e. The largest absolute Gasteiger partial charge is 0.497 e. The van der Waals surface area contributed by atoms with Crippen LogP contribution in [0.3, 0.4) is 0 Å². The van der Waals surface area contributed by atoms with Crippen molar-refractivity contribution in [2.75, 3.05) is 13.7 Å². The molecule has 1 heterocycles. The maximum atomic E-state index is 12.5. The minimum Gasteiger partial charge on any atom is -0.497 e. The van der Waals surface area contributed by atoms with E-state index in [0.717, 1.165) is 28.8 Å². The number of methoxy groups -OCH3 is 1. The topological polar surface area (TPSA) is 43.3 Å². The number of aryl methyl sites for hydroxylation is 1. The molecule has 0 aliphatic carbocycles. The van der Waals surface area contributed by atoms with Gasteiger partial charge in [-0.15, -0.1) is 0 Å². The number of halogens is 1. The van der Waals surface area contributed by atoms with Crippen molar-refractivity contribution in [2.24, 2.45) is 0 Å². The summed E-state index contributed by atoms with van der Waals surface area (Å²) < 4.78 is 8.90. The number of amides is 1. The zero-order chi connectivity index (χ0) is 22.7. The molecule has 0 fully saturated rings. The van der Waals surface area contributed by atoms with E-state index in [1.165, 1.54) is 27.7 Å². The van der Waals surface area contributed by atoms with E-state index < -0.39 is 0 Å². The molecule has 0 aliphatic rings. The Kier molecular flexibility index (Phi) is 6.66. The summed E-state index contributed by atoms with van der Waals surface area (Å²) in [6, 6.07) is 22.3. The Bertz CT molecular complexity index is 1240. The number of hydrogen-bond donors (Lipinski definition) is 1. The first-order valence-electron chi connectivity index (χ1n) is 10.7. The highest BCUT2D eigenvalue weighted by molar-refractivity contribution is 9.10. The number of nitrogens with one attached hydrogen (secondary N) is 1. The second kappa shape index (κ2) is 9.61. The lowest BCUT2D eigenvalue weighted by Gasteiger charge is -2.10. The predicted molar refractivity (Wildman–Crippen MR) is 134 cm³/mol.